The predicted molar refractivity (Wildman–Crippen MR) is 80.3 cm³/mol. The lowest BCUT2D eigenvalue weighted by Crippen LogP contribution is -2.22. The first-order valence-corrected chi connectivity index (χ1v) is 6.96. The van der Waals surface area contributed by atoms with E-state index in [1.54, 1.807) is 11.8 Å². The summed E-state index contributed by atoms with van der Waals surface area (Å²) in [6.45, 7) is 5.35. The van der Waals surface area contributed by atoms with Gasteiger partial charge in [-0.3, -0.25) is 4.68 Å². The van der Waals surface area contributed by atoms with Crippen molar-refractivity contribution >= 4 is 0 Å². The van der Waals surface area contributed by atoms with Crippen LogP contribution in [0.4, 0.5) is 0 Å². The first kappa shape index (κ1) is 15.3. The first-order valence-electron chi connectivity index (χ1n) is 6.96. The Bertz CT molecular complexity index is 581. The molecule has 0 aliphatic carbocycles. The van der Waals surface area contributed by atoms with Crippen molar-refractivity contribution < 1.29 is 9.47 Å². The molecule has 0 unspecified atom stereocenters. The van der Waals surface area contributed by atoms with Gasteiger partial charge < -0.3 is 14.8 Å². The molecule has 2 rings (SSSR count). The van der Waals surface area contributed by atoms with E-state index in [4.69, 9.17) is 9.47 Å². The Morgan fingerprint density at radius 2 is 2.14 bits per heavy atom. The standard InChI is InChI=1S/C15H22N4O2/c1-11(2)16-8-12-7-14(20-4)5-6-15(12)21-10-13-9-19(3)18-17-13/h5-7,9,11,16H,8,10H2,1-4H3. The van der Waals surface area contributed by atoms with Crippen molar-refractivity contribution in [3.05, 3.63) is 35.7 Å². The maximum Gasteiger partial charge on any atom is 0.134 e. The second-order valence-corrected chi connectivity index (χ2v) is 5.18. The third-order valence-electron chi connectivity index (χ3n) is 2.99. The molecule has 1 aromatic heterocycles. The maximum atomic E-state index is 5.86. The van der Waals surface area contributed by atoms with Gasteiger partial charge in [-0.2, -0.15) is 0 Å². The van der Waals surface area contributed by atoms with Crippen molar-refractivity contribution in [3.63, 3.8) is 0 Å². The number of hydrogen-bond donors (Lipinski definition) is 1. The zero-order valence-corrected chi connectivity index (χ0v) is 13.0. The van der Waals surface area contributed by atoms with Gasteiger partial charge in [0.1, 0.15) is 23.8 Å². The fraction of sp³-hybridized carbons (Fsp3) is 0.467. The Labute approximate surface area is 125 Å². The molecule has 6 nitrogen and oxygen atoms in total. The minimum Gasteiger partial charge on any atom is -0.497 e. The summed E-state index contributed by atoms with van der Waals surface area (Å²) < 4.78 is 12.8. The fourth-order valence-electron chi connectivity index (χ4n) is 1.89. The molecule has 0 radical (unpaired) electrons. The van der Waals surface area contributed by atoms with Crippen LogP contribution in [0.2, 0.25) is 0 Å². The van der Waals surface area contributed by atoms with Gasteiger partial charge >= 0.3 is 0 Å². The second-order valence-electron chi connectivity index (χ2n) is 5.18. The molecule has 0 aliphatic rings. The number of aryl methyl sites for hydroxylation is 1. The van der Waals surface area contributed by atoms with Crippen LogP contribution in [-0.2, 0) is 20.2 Å². The van der Waals surface area contributed by atoms with Crippen LogP contribution in [0.25, 0.3) is 0 Å². The van der Waals surface area contributed by atoms with Gasteiger partial charge in [0.15, 0.2) is 0 Å². The summed E-state index contributed by atoms with van der Waals surface area (Å²) in [5.41, 5.74) is 1.86. The van der Waals surface area contributed by atoms with E-state index in [0.29, 0.717) is 12.6 Å². The summed E-state index contributed by atoms with van der Waals surface area (Å²) in [5.74, 6) is 1.65. The molecule has 6 heteroatoms. The average Bonchev–Trinajstić information content (AvgIpc) is 2.88. The van der Waals surface area contributed by atoms with E-state index in [2.05, 4.69) is 29.5 Å². The van der Waals surface area contributed by atoms with Crippen LogP contribution in [0.1, 0.15) is 25.1 Å². The molecule has 0 spiro atoms. The predicted octanol–water partition coefficient (Wildman–Crippen LogP) is 1.90. The zero-order chi connectivity index (χ0) is 15.2. The number of methoxy groups -OCH3 is 1. The zero-order valence-electron chi connectivity index (χ0n) is 13.0. The topological polar surface area (TPSA) is 61.2 Å². The number of nitrogens with one attached hydrogen (secondary N) is 1. The molecule has 0 amide bonds. The van der Waals surface area contributed by atoms with Crippen LogP contribution in [0, 0.1) is 0 Å². The molecule has 1 aromatic carbocycles. The van der Waals surface area contributed by atoms with Gasteiger partial charge in [-0.05, 0) is 18.2 Å². The van der Waals surface area contributed by atoms with Crippen LogP contribution < -0.4 is 14.8 Å². The third-order valence-corrected chi connectivity index (χ3v) is 2.99. The lowest BCUT2D eigenvalue weighted by atomic mass is 10.1. The second kappa shape index (κ2) is 7.08. The van der Waals surface area contributed by atoms with Crippen molar-refractivity contribution in [1.29, 1.82) is 0 Å². The van der Waals surface area contributed by atoms with Crippen LogP contribution in [0.15, 0.2) is 24.4 Å². The Hall–Kier alpha value is -2.08. The quantitative estimate of drug-likeness (QED) is 0.844. The Morgan fingerprint density at radius 3 is 2.76 bits per heavy atom. The van der Waals surface area contributed by atoms with E-state index in [0.717, 1.165) is 29.3 Å². The number of hydrogen-bond acceptors (Lipinski definition) is 5. The molecule has 21 heavy (non-hydrogen) atoms. The Morgan fingerprint density at radius 1 is 1.33 bits per heavy atom. The summed E-state index contributed by atoms with van der Waals surface area (Å²) >= 11 is 0. The van der Waals surface area contributed by atoms with Crippen molar-refractivity contribution in [2.24, 2.45) is 7.05 Å². The number of benzene rings is 1. The number of aromatic nitrogens is 3. The average molecular weight is 290 g/mol. The molecule has 0 bridgehead atoms. The molecule has 0 atom stereocenters. The fourth-order valence-corrected chi connectivity index (χ4v) is 1.89. The summed E-state index contributed by atoms with van der Waals surface area (Å²) in [6.07, 6.45) is 1.84. The molecule has 0 saturated carbocycles. The van der Waals surface area contributed by atoms with E-state index in [1.165, 1.54) is 0 Å². The van der Waals surface area contributed by atoms with E-state index < -0.39 is 0 Å². The summed E-state index contributed by atoms with van der Waals surface area (Å²) in [4.78, 5) is 0. The molecule has 0 fully saturated rings. The highest BCUT2D eigenvalue weighted by Crippen LogP contribution is 2.25. The van der Waals surface area contributed by atoms with Crippen LogP contribution in [-0.4, -0.2) is 28.1 Å². The molecular formula is C15H22N4O2. The molecule has 0 saturated heterocycles. The molecular weight excluding hydrogens is 268 g/mol. The van der Waals surface area contributed by atoms with Gasteiger partial charge in [-0.1, -0.05) is 19.1 Å². The minimum absolute atomic E-state index is 0.398. The monoisotopic (exact) mass is 290 g/mol. The highest BCUT2D eigenvalue weighted by atomic mass is 16.5. The van der Waals surface area contributed by atoms with Gasteiger partial charge in [-0.15, -0.1) is 5.10 Å². The molecule has 1 N–H and O–H groups in total. The molecule has 0 aliphatic heterocycles. The summed E-state index contributed by atoms with van der Waals surface area (Å²) in [5, 5.41) is 11.3. The van der Waals surface area contributed by atoms with E-state index in [-0.39, 0.29) is 0 Å². The SMILES string of the molecule is COc1ccc(OCc2cn(C)nn2)c(CNC(C)C)c1. The summed E-state index contributed by atoms with van der Waals surface area (Å²) in [6, 6.07) is 6.21. The normalized spacial score (nSPS) is 10.9. The lowest BCUT2D eigenvalue weighted by Gasteiger charge is -2.14. The van der Waals surface area contributed by atoms with E-state index in [1.807, 2.05) is 31.4 Å². The van der Waals surface area contributed by atoms with Gasteiger partial charge in [-0.25, -0.2) is 0 Å². The minimum atomic E-state index is 0.398. The third kappa shape index (κ3) is 4.46. The number of rotatable bonds is 7. The number of nitrogens with zero attached hydrogens (tertiary/aromatic N) is 3. The molecule has 2 aromatic rings. The van der Waals surface area contributed by atoms with Gasteiger partial charge in [0.25, 0.3) is 0 Å². The lowest BCUT2D eigenvalue weighted by molar-refractivity contribution is 0.296. The van der Waals surface area contributed by atoms with E-state index >= 15 is 0 Å². The van der Waals surface area contributed by atoms with Crippen LogP contribution in [0.5, 0.6) is 11.5 Å². The Balaban J connectivity index is 2.09. The van der Waals surface area contributed by atoms with E-state index in [9.17, 15) is 0 Å². The van der Waals surface area contributed by atoms with Crippen LogP contribution >= 0.6 is 0 Å². The Kier molecular flexibility index (Phi) is 5.16. The first-order chi connectivity index (χ1) is 10.1. The van der Waals surface area contributed by atoms with Gasteiger partial charge in [0, 0.05) is 25.2 Å². The highest BCUT2D eigenvalue weighted by Gasteiger charge is 2.08. The maximum absolute atomic E-state index is 5.86. The molecule has 114 valence electrons. The van der Waals surface area contributed by atoms with Crippen molar-refractivity contribution in [1.82, 2.24) is 20.3 Å². The van der Waals surface area contributed by atoms with Crippen LogP contribution in [0.3, 0.4) is 0 Å². The van der Waals surface area contributed by atoms with Crippen molar-refractivity contribution in [2.45, 2.75) is 33.0 Å². The molecule has 1 heterocycles. The number of ether oxygens (including phenoxy) is 2. The van der Waals surface area contributed by atoms with Gasteiger partial charge in [0.05, 0.1) is 13.3 Å². The summed E-state index contributed by atoms with van der Waals surface area (Å²) in [7, 11) is 3.50. The smallest absolute Gasteiger partial charge is 0.134 e. The van der Waals surface area contributed by atoms with Crippen molar-refractivity contribution in [3.8, 4) is 11.5 Å². The van der Waals surface area contributed by atoms with Gasteiger partial charge in [0.2, 0.25) is 0 Å². The highest BCUT2D eigenvalue weighted by molar-refractivity contribution is 5.40. The van der Waals surface area contributed by atoms with Crippen molar-refractivity contribution in [2.75, 3.05) is 7.11 Å². The largest absolute Gasteiger partial charge is 0.497 e.